The predicted octanol–water partition coefficient (Wildman–Crippen LogP) is 2.00. The number of halogens is 3. The van der Waals surface area contributed by atoms with E-state index in [9.17, 15) is 18.0 Å². The number of rotatable bonds is 3. The second-order valence-electron chi connectivity index (χ2n) is 6.63. The van der Waals surface area contributed by atoms with Crippen LogP contribution in [-0.2, 0) is 11.3 Å². The van der Waals surface area contributed by atoms with Crippen LogP contribution in [0.5, 0.6) is 0 Å². The largest absolute Gasteiger partial charge is 0.393 e. The second kappa shape index (κ2) is 6.70. The van der Waals surface area contributed by atoms with Crippen molar-refractivity contribution in [3.63, 3.8) is 0 Å². The third-order valence-electron chi connectivity index (χ3n) is 4.92. The predicted molar refractivity (Wildman–Crippen MR) is 77.8 cm³/mol. The van der Waals surface area contributed by atoms with Crippen LogP contribution in [0.3, 0.4) is 0 Å². The summed E-state index contributed by atoms with van der Waals surface area (Å²) in [4.78, 5) is 15.8. The Morgan fingerprint density at radius 3 is 2.50 bits per heavy atom. The first-order chi connectivity index (χ1) is 11.4. The molecule has 0 N–H and O–H groups in total. The molecule has 9 heteroatoms. The standard InChI is InChI=1S/C15H21F3N4O2/c1-10-13(20-24-19-10)9-21-7-11(12(8-21)15(16,17)18)14(23)22-5-3-2-4-6-22/h11-12H,2-9H2,1H3/t11-,12-/m0/s1. The maximum Gasteiger partial charge on any atom is 0.393 e. The molecule has 3 heterocycles. The molecule has 24 heavy (non-hydrogen) atoms. The Bertz CT molecular complexity index is 584. The Balaban J connectivity index is 1.73. The van der Waals surface area contributed by atoms with Gasteiger partial charge >= 0.3 is 6.18 Å². The summed E-state index contributed by atoms with van der Waals surface area (Å²) < 4.78 is 44.9. The molecule has 0 spiro atoms. The van der Waals surface area contributed by atoms with Crippen molar-refractivity contribution in [3.05, 3.63) is 11.4 Å². The first kappa shape index (κ1) is 17.2. The minimum Gasteiger partial charge on any atom is -0.342 e. The number of piperidine rings is 1. The van der Waals surface area contributed by atoms with Crippen LogP contribution < -0.4 is 0 Å². The molecule has 0 bridgehead atoms. The van der Waals surface area contributed by atoms with Gasteiger partial charge in [-0.2, -0.15) is 13.2 Å². The van der Waals surface area contributed by atoms with E-state index in [1.807, 2.05) is 0 Å². The van der Waals surface area contributed by atoms with Crippen LogP contribution in [0.1, 0.15) is 30.7 Å². The number of nitrogens with zero attached hydrogens (tertiary/aromatic N) is 4. The third-order valence-corrected chi connectivity index (χ3v) is 4.92. The molecule has 0 aromatic carbocycles. The molecule has 6 nitrogen and oxygen atoms in total. The van der Waals surface area contributed by atoms with Crippen LogP contribution in [-0.4, -0.2) is 58.4 Å². The molecule has 1 aromatic heterocycles. The summed E-state index contributed by atoms with van der Waals surface area (Å²) >= 11 is 0. The summed E-state index contributed by atoms with van der Waals surface area (Å²) in [6.07, 6.45) is -1.63. The smallest absolute Gasteiger partial charge is 0.342 e. The van der Waals surface area contributed by atoms with E-state index in [1.54, 1.807) is 16.7 Å². The normalized spacial score (nSPS) is 26.1. The fourth-order valence-corrected chi connectivity index (χ4v) is 3.55. The monoisotopic (exact) mass is 346 g/mol. The highest BCUT2D eigenvalue weighted by atomic mass is 19.4. The third kappa shape index (κ3) is 3.55. The van der Waals surface area contributed by atoms with Crippen molar-refractivity contribution >= 4 is 5.91 Å². The zero-order valence-electron chi connectivity index (χ0n) is 13.6. The summed E-state index contributed by atoms with van der Waals surface area (Å²) in [6.45, 7) is 2.93. The molecule has 0 unspecified atom stereocenters. The van der Waals surface area contributed by atoms with Crippen molar-refractivity contribution < 1.29 is 22.6 Å². The quantitative estimate of drug-likeness (QED) is 0.838. The van der Waals surface area contributed by atoms with E-state index in [-0.39, 0.29) is 25.5 Å². The van der Waals surface area contributed by atoms with Crippen LogP contribution in [0.4, 0.5) is 13.2 Å². The van der Waals surface area contributed by atoms with Gasteiger partial charge in [0.15, 0.2) is 0 Å². The van der Waals surface area contributed by atoms with Gasteiger partial charge < -0.3 is 4.90 Å². The van der Waals surface area contributed by atoms with E-state index < -0.39 is 18.0 Å². The van der Waals surface area contributed by atoms with Crippen molar-refractivity contribution in [1.82, 2.24) is 20.1 Å². The average Bonchev–Trinajstić information content (AvgIpc) is 3.14. The molecule has 0 radical (unpaired) electrons. The molecule has 134 valence electrons. The van der Waals surface area contributed by atoms with Crippen LogP contribution in [0.2, 0.25) is 0 Å². The highest BCUT2D eigenvalue weighted by Crippen LogP contribution is 2.39. The minimum absolute atomic E-state index is 0.0891. The summed E-state index contributed by atoms with van der Waals surface area (Å²) in [5, 5.41) is 7.37. The zero-order chi connectivity index (χ0) is 17.3. The number of aromatic nitrogens is 2. The van der Waals surface area contributed by atoms with Crippen molar-refractivity contribution in [3.8, 4) is 0 Å². The van der Waals surface area contributed by atoms with Crippen LogP contribution in [0.15, 0.2) is 4.63 Å². The molecular formula is C15H21F3N4O2. The van der Waals surface area contributed by atoms with Gasteiger partial charge in [0, 0.05) is 32.7 Å². The Hall–Kier alpha value is -1.64. The van der Waals surface area contributed by atoms with E-state index in [1.165, 1.54) is 0 Å². The number of hydrogen-bond acceptors (Lipinski definition) is 5. The number of aryl methyl sites for hydroxylation is 1. The summed E-state index contributed by atoms with van der Waals surface area (Å²) in [5.41, 5.74) is 1.08. The number of carbonyl (C=O) groups excluding carboxylic acids is 1. The molecule has 1 amide bonds. The Morgan fingerprint density at radius 2 is 1.92 bits per heavy atom. The van der Waals surface area contributed by atoms with Gasteiger partial charge in [-0.1, -0.05) is 10.3 Å². The molecular weight excluding hydrogens is 325 g/mol. The van der Waals surface area contributed by atoms with Crippen LogP contribution in [0, 0.1) is 18.8 Å². The average molecular weight is 346 g/mol. The topological polar surface area (TPSA) is 62.5 Å². The summed E-state index contributed by atoms with van der Waals surface area (Å²) in [5.74, 6) is -3.04. The molecule has 1 aromatic rings. The Kier molecular flexibility index (Phi) is 4.80. The summed E-state index contributed by atoms with van der Waals surface area (Å²) in [6, 6.07) is 0. The van der Waals surface area contributed by atoms with E-state index in [2.05, 4.69) is 14.9 Å². The molecule has 2 saturated heterocycles. The minimum atomic E-state index is -4.39. The Morgan fingerprint density at radius 1 is 1.21 bits per heavy atom. The molecule has 0 aliphatic carbocycles. The molecule has 2 fully saturated rings. The molecule has 0 saturated carbocycles. The molecule has 2 atom stereocenters. The molecule has 2 aliphatic heterocycles. The lowest BCUT2D eigenvalue weighted by atomic mass is 9.93. The van der Waals surface area contributed by atoms with Gasteiger partial charge in [0.25, 0.3) is 0 Å². The van der Waals surface area contributed by atoms with Gasteiger partial charge in [-0.25, -0.2) is 4.63 Å². The maximum atomic E-state index is 13.4. The van der Waals surface area contributed by atoms with Crippen molar-refractivity contribution in [2.45, 2.75) is 38.9 Å². The number of carbonyl (C=O) groups is 1. The molecule has 2 aliphatic rings. The van der Waals surface area contributed by atoms with Gasteiger partial charge in [0.1, 0.15) is 11.4 Å². The number of alkyl halides is 3. The van der Waals surface area contributed by atoms with E-state index in [0.29, 0.717) is 24.5 Å². The first-order valence-corrected chi connectivity index (χ1v) is 8.22. The van der Waals surface area contributed by atoms with E-state index in [4.69, 9.17) is 0 Å². The highest BCUT2D eigenvalue weighted by molar-refractivity contribution is 5.80. The highest BCUT2D eigenvalue weighted by Gasteiger charge is 2.53. The number of hydrogen-bond donors (Lipinski definition) is 0. The lowest BCUT2D eigenvalue weighted by Crippen LogP contribution is -2.44. The summed E-state index contributed by atoms with van der Waals surface area (Å²) in [7, 11) is 0. The zero-order valence-corrected chi connectivity index (χ0v) is 13.6. The van der Waals surface area contributed by atoms with Gasteiger partial charge in [0.2, 0.25) is 5.91 Å². The van der Waals surface area contributed by atoms with Crippen molar-refractivity contribution in [2.75, 3.05) is 26.2 Å². The van der Waals surface area contributed by atoms with E-state index >= 15 is 0 Å². The van der Waals surface area contributed by atoms with Gasteiger partial charge in [-0.05, 0) is 26.2 Å². The SMILES string of the molecule is Cc1nonc1CN1C[C@H](C(=O)N2CCCCC2)[C@@H](C(F)(F)F)C1. The fourth-order valence-electron chi connectivity index (χ4n) is 3.55. The number of likely N-dealkylation sites (tertiary alicyclic amines) is 2. The fraction of sp³-hybridized carbons (Fsp3) is 0.800. The van der Waals surface area contributed by atoms with Gasteiger partial charge in [0.05, 0.1) is 11.8 Å². The van der Waals surface area contributed by atoms with Gasteiger partial charge in [-0.15, -0.1) is 0 Å². The first-order valence-electron chi connectivity index (χ1n) is 8.22. The Labute approximate surface area is 137 Å². The number of amides is 1. The maximum absolute atomic E-state index is 13.4. The van der Waals surface area contributed by atoms with Crippen molar-refractivity contribution in [1.29, 1.82) is 0 Å². The molecule has 3 rings (SSSR count). The van der Waals surface area contributed by atoms with E-state index in [0.717, 1.165) is 19.3 Å². The van der Waals surface area contributed by atoms with Crippen molar-refractivity contribution in [2.24, 2.45) is 11.8 Å². The van der Waals surface area contributed by atoms with Gasteiger partial charge in [-0.3, -0.25) is 9.69 Å². The second-order valence-corrected chi connectivity index (χ2v) is 6.63. The van der Waals surface area contributed by atoms with Crippen LogP contribution in [0.25, 0.3) is 0 Å². The van der Waals surface area contributed by atoms with Crippen LogP contribution >= 0.6 is 0 Å². The lowest BCUT2D eigenvalue weighted by Gasteiger charge is -2.31. The lowest BCUT2D eigenvalue weighted by molar-refractivity contribution is -0.186.